The molecule has 0 radical (unpaired) electrons. The van der Waals surface area contributed by atoms with Crippen LogP contribution in [0, 0.1) is 0 Å². The van der Waals surface area contributed by atoms with Crippen LogP contribution in [0.1, 0.15) is 17.5 Å². The van der Waals surface area contributed by atoms with Crippen molar-refractivity contribution in [1.29, 1.82) is 0 Å². The first-order valence-electron chi connectivity index (χ1n) is 6.51. The third-order valence-corrected chi connectivity index (χ3v) is 5.10. The Bertz CT molecular complexity index is 659. The predicted octanol–water partition coefficient (Wildman–Crippen LogP) is 5.07. The molecule has 1 heterocycles. The van der Waals surface area contributed by atoms with E-state index in [1.54, 1.807) is 24.9 Å². The fraction of sp³-hybridized carbons (Fsp3) is 0.267. The van der Waals surface area contributed by atoms with Crippen molar-refractivity contribution in [2.75, 3.05) is 12.4 Å². The fourth-order valence-electron chi connectivity index (χ4n) is 2.42. The van der Waals surface area contributed by atoms with Crippen LogP contribution in [0.25, 0.3) is 0 Å². The molecule has 0 amide bonds. The number of fused-ring (bicyclic) bond motifs is 1. The molecule has 0 spiro atoms. The quantitative estimate of drug-likeness (QED) is 0.853. The zero-order valence-corrected chi connectivity index (χ0v) is 13.4. The topological polar surface area (TPSA) is 24.9 Å². The molecule has 104 valence electrons. The third kappa shape index (κ3) is 2.76. The van der Waals surface area contributed by atoms with E-state index in [4.69, 9.17) is 23.2 Å². The number of halogens is 2. The fourth-order valence-corrected chi connectivity index (χ4v) is 3.84. The Morgan fingerprint density at radius 2 is 1.90 bits per heavy atom. The van der Waals surface area contributed by atoms with Crippen LogP contribution < -0.4 is 5.32 Å². The molecule has 1 N–H and O–H groups in total. The first kappa shape index (κ1) is 14.1. The lowest BCUT2D eigenvalue weighted by atomic mass is 10.1. The average Bonchev–Trinajstić information content (AvgIpc) is 2.89. The van der Waals surface area contributed by atoms with Crippen molar-refractivity contribution >= 4 is 40.8 Å². The van der Waals surface area contributed by atoms with E-state index < -0.39 is 0 Å². The molecule has 2 nitrogen and oxygen atoms in total. The van der Waals surface area contributed by atoms with Gasteiger partial charge in [0, 0.05) is 11.9 Å². The van der Waals surface area contributed by atoms with E-state index in [0.29, 0.717) is 15.9 Å². The minimum absolute atomic E-state index is 0.538. The molecule has 0 fully saturated rings. The summed E-state index contributed by atoms with van der Waals surface area (Å²) < 4.78 is 0. The molecule has 1 aliphatic rings. The highest BCUT2D eigenvalue weighted by molar-refractivity contribution is 7.99. The van der Waals surface area contributed by atoms with Crippen LogP contribution in [0.2, 0.25) is 10.0 Å². The van der Waals surface area contributed by atoms with Gasteiger partial charge in [-0.3, -0.25) is 0 Å². The Kier molecular flexibility index (Phi) is 4.11. The van der Waals surface area contributed by atoms with E-state index in [2.05, 4.69) is 28.5 Å². The van der Waals surface area contributed by atoms with Crippen molar-refractivity contribution in [3.63, 3.8) is 0 Å². The normalized spacial score (nSPS) is 13.3. The van der Waals surface area contributed by atoms with Gasteiger partial charge in [0.1, 0.15) is 10.8 Å². The SMILES string of the molecule is CNc1nc(Sc2ccc3c(c2)CCC3)c(Cl)cc1Cl. The van der Waals surface area contributed by atoms with E-state index in [1.807, 2.05) is 0 Å². The lowest BCUT2D eigenvalue weighted by Gasteiger charge is -2.09. The summed E-state index contributed by atoms with van der Waals surface area (Å²) in [7, 11) is 1.80. The Morgan fingerprint density at radius 3 is 2.70 bits per heavy atom. The van der Waals surface area contributed by atoms with E-state index in [0.717, 1.165) is 5.03 Å². The van der Waals surface area contributed by atoms with E-state index in [1.165, 1.54) is 35.3 Å². The number of pyridine rings is 1. The molecule has 0 saturated heterocycles. The molecule has 1 aliphatic carbocycles. The summed E-state index contributed by atoms with van der Waals surface area (Å²) in [5.41, 5.74) is 2.93. The van der Waals surface area contributed by atoms with Gasteiger partial charge in [-0.15, -0.1) is 0 Å². The van der Waals surface area contributed by atoms with Crippen molar-refractivity contribution in [2.45, 2.75) is 29.2 Å². The van der Waals surface area contributed by atoms with Crippen LogP contribution in [0.4, 0.5) is 5.82 Å². The molecule has 0 bridgehead atoms. The van der Waals surface area contributed by atoms with Crippen molar-refractivity contribution < 1.29 is 0 Å². The zero-order valence-electron chi connectivity index (χ0n) is 11.0. The second-order valence-corrected chi connectivity index (χ2v) is 6.62. The van der Waals surface area contributed by atoms with Crippen LogP contribution in [0.3, 0.4) is 0 Å². The standard InChI is InChI=1S/C15H14Cl2N2S/c1-18-14-12(16)8-13(17)15(19-14)20-11-6-5-9-3-2-4-10(9)7-11/h5-8H,2-4H2,1H3,(H,18,19). The van der Waals surface area contributed by atoms with E-state index >= 15 is 0 Å². The van der Waals surface area contributed by atoms with Gasteiger partial charge in [0.15, 0.2) is 0 Å². The number of aryl methyl sites for hydroxylation is 2. The molecule has 0 aliphatic heterocycles. The van der Waals surface area contributed by atoms with Crippen LogP contribution in [-0.4, -0.2) is 12.0 Å². The molecule has 20 heavy (non-hydrogen) atoms. The van der Waals surface area contributed by atoms with Crippen LogP contribution in [0.15, 0.2) is 34.2 Å². The number of nitrogens with zero attached hydrogens (tertiary/aromatic N) is 1. The molecular weight excluding hydrogens is 311 g/mol. The van der Waals surface area contributed by atoms with Crippen molar-refractivity contribution in [3.05, 3.63) is 45.4 Å². The van der Waals surface area contributed by atoms with Crippen molar-refractivity contribution in [3.8, 4) is 0 Å². The first-order chi connectivity index (χ1) is 9.67. The Morgan fingerprint density at radius 1 is 1.10 bits per heavy atom. The van der Waals surface area contributed by atoms with Crippen LogP contribution in [0.5, 0.6) is 0 Å². The number of benzene rings is 1. The maximum atomic E-state index is 6.23. The summed E-state index contributed by atoms with van der Waals surface area (Å²) in [5.74, 6) is 0.653. The summed E-state index contributed by atoms with van der Waals surface area (Å²) in [6.07, 6.45) is 3.63. The Labute approximate surface area is 132 Å². The van der Waals surface area contributed by atoms with Gasteiger partial charge in [-0.1, -0.05) is 41.0 Å². The number of aromatic nitrogens is 1. The lowest BCUT2D eigenvalue weighted by molar-refractivity contribution is 0.911. The number of rotatable bonds is 3. The lowest BCUT2D eigenvalue weighted by Crippen LogP contribution is -1.95. The average molecular weight is 325 g/mol. The molecule has 0 unspecified atom stereocenters. The summed E-state index contributed by atoms with van der Waals surface area (Å²) in [6.45, 7) is 0. The molecule has 5 heteroatoms. The maximum Gasteiger partial charge on any atom is 0.146 e. The molecule has 0 saturated carbocycles. The highest BCUT2D eigenvalue weighted by atomic mass is 35.5. The van der Waals surface area contributed by atoms with E-state index in [9.17, 15) is 0 Å². The molecule has 1 aromatic heterocycles. The van der Waals surface area contributed by atoms with Gasteiger partial charge in [0.2, 0.25) is 0 Å². The van der Waals surface area contributed by atoms with E-state index in [-0.39, 0.29) is 0 Å². The third-order valence-electron chi connectivity index (χ3n) is 3.42. The van der Waals surface area contributed by atoms with Gasteiger partial charge in [-0.2, -0.15) is 0 Å². The predicted molar refractivity (Wildman–Crippen MR) is 86.4 cm³/mol. The second-order valence-electron chi connectivity index (χ2n) is 4.74. The second kappa shape index (κ2) is 5.84. The smallest absolute Gasteiger partial charge is 0.146 e. The Balaban J connectivity index is 1.91. The molecule has 2 aromatic rings. The van der Waals surface area contributed by atoms with Gasteiger partial charge in [-0.05, 0) is 48.6 Å². The minimum Gasteiger partial charge on any atom is -0.372 e. The number of hydrogen-bond acceptors (Lipinski definition) is 3. The van der Waals surface area contributed by atoms with Gasteiger partial charge < -0.3 is 5.32 Å². The number of hydrogen-bond donors (Lipinski definition) is 1. The molecule has 3 rings (SSSR count). The summed E-state index contributed by atoms with van der Waals surface area (Å²) in [6, 6.07) is 8.34. The maximum absolute atomic E-state index is 6.23. The van der Waals surface area contributed by atoms with Gasteiger partial charge >= 0.3 is 0 Å². The summed E-state index contributed by atoms with van der Waals surface area (Å²) >= 11 is 13.9. The van der Waals surface area contributed by atoms with Crippen molar-refractivity contribution in [1.82, 2.24) is 4.98 Å². The number of nitrogens with one attached hydrogen (secondary N) is 1. The zero-order chi connectivity index (χ0) is 14.1. The largest absolute Gasteiger partial charge is 0.372 e. The minimum atomic E-state index is 0.538. The molecular formula is C15H14Cl2N2S. The van der Waals surface area contributed by atoms with Crippen molar-refractivity contribution in [2.24, 2.45) is 0 Å². The molecule has 0 atom stereocenters. The molecule has 1 aromatic carbocycles. The van der Waals surface area contributed by atoms with Gasteiger partial charge in [-0.25, -0.2) is 4.98 Å². The van der Waals surface area contributed by atoms with Gasteiger partial charge in [0.05, 0.1) is 10.0 Å². The summed E-state index contributed by atoms with van der Waals surface area (Å²) in [5, 5.41) is 4.87. The van der Waals surface area contributed by atoms with Gasteiger partial charge in [0.25, 0.3) is 0 Å². The Hall–Kier alpha value is -0.900. The summed E-state index contributed by atoms with van der Waals surface area (Å²) in [4.78, 5) is 5.64. The highest BCUT2D eigenvalue weighted by Gasteiger charge is 2.13. The van der Waals surface area contributed by atoms with Crippen LogP contribution >= 0.6 is 35.0 Å². The first-order valence-corrected chi connectivity index (χ1v) is 8.08. The highest BCUT2D eigenvalue weighted by Crippen LogP contribution is 2.37. The number of anilines is 1. The van der Waals surface area contributed by atoms with Crippen LogP contribution in [-0.2, 0) is 12.8 Å². The monoisotopic (exact) mass is 324 g/mol.